The summed E-state index contributed by atoms with van der Waals surface area (Å²) < 4.78 is 46.1. The number of aromatic nitrogens is 1. The lowest BCUT2D eigenvalue weighted by Crippen LogP contribution is -2.52. The standard InChI is InChI=1S/C24H27ClF3N5O3S/c25-16-1-8-22(29-14-16)31-9-11-32(12-10-31)23(15-37)36-19-5-2-17(3-6-19)30-18-4-7-21(33(34)35)20(13-18)24(26,27)28/h1,4,7-8,13-15,17,19,23,30H,2-3,5-6,9-12H2. The zero-order valence-corrected chi connectivity index (χ0v) is 21.4. The highest BCUT2D eigenvalue weighted by Gasteiger charge is 2.38. The molecule has 2 heterocycles. The average molecular weight is 558 g/mol. The van der Waals surface area contributed by atoms with E-state index in [1.807, 2.05) is 12.1 Å². The number of alkyl halides is 3. The van der Waals surface area contributed by atoms with Gasteiger partial charge in [-0.25, -0.2) is 4.98 Å². The third kappa shape index (κ3) is 7.07. The Morgan fingerprint density at radius 1 is 1.16 bits per heavy atom. The maximum absolute atomic E-state index is 13.3. The molecule has 2 fully saturated rings. The molecule has 200 valence electrons. The van der Waals surface area contributed by atoms with Gasteiger partial charge in [-0.05, 0) is 49.9 Å². The van der Waals surface area contributed by atoms with Crippen molar-refractivity contribution in [1.29, 1.82) is 0 Å². The van der Waals surface area contributed by atoms with E-state index in [0.717, 1.165) is 57.0 Å². The molecule has 1 atom stereocenters. The summed E-state index contributed by atoms with van der Waals surface area (Å²) in [4.78, 5) is 18.7. The summed E-state index contributed by atoms with van der Waals surface area (Å²) in [6, 6.07) is 6.69. The van der Waals surface area contributed by atoms with E-state index in [-0.39, 0.29) is 24.1 Å². The Balaban J connectivity index is 1.27. The van der Waals surface area contributed by atoms with Crippen LogP contribution < -0.4 is 10.2 Å². The van der Waals surface area contributed by atoms with E-state index in [1.54, 1.807) is 11.6 Å². The van der Waals surface area contributed by atoms with Crippen LogP contribution in [0, 0.1) is 10.1 Å². The van der Waals surface area contributed by atoms with E-state index >= 15 is 0 Å². The van der Waals surface area contributed by atoms with Gasteiger partial charge in [-0.2, -0.15) is 13.2 Å². The molecular formula is C24H27ClF3N5O3S. The lowest BCUT2D eigenvalue weighted by Gasteiger charge is -2.40. The largest absolute Gasteiger partial charge is 0.423 e. The smallest absolute Gasteiger partial charge is 0.382 e. The predicted octanol–water partition coefficient (Wildman–Crippen LogP) is 5.55. The number of halogens is 4. The van der Waals surface area contributed by atoms with Crippen LogP contribution in [0.5, 0.6) is 0 Å². The fourth-order valence-electron chi connectivity index (χ4n) is 4.75. The maximum Gasteiger partial charge on any atom is 0.423 e. The SMILES string of the molecule is O=[N+]([O-])c1ccc(NC2CCC(OC(C=S)N3CCN(c4ccc(Cl)cn4)CC3)CC2)cc1C(F)(F)F. The van der Waals surface area contributed by atoms with Gasteiger partial charge in [-0.1, -0.05) is 23.8 Å². The fraction of sp³-hybridized carbons (Fsp3) is 0.500. The number of nitro benzene ring substituents is 1. The van der Waals surface area contributed by atoms with Crippen LogP contribution in [-0.4, -0.2) is 64.7 Å². The summed E-state index contributed by atoms with van der Waals surface area (Å²) in [5.41, 5.74) is -1.99. The molecule has 0 bridgehead atoms. The van der Waals surface area contributed by atoms with Crippen molar-refractivity contribution in [1.82, 2.24) is 9.88 Å². The maximum atomic E-state index is 13.3. The van der Waals surface area contributed by atoms with Gasteiger partial charge in [-0.15, -0.1) is 0 Å². The molecule has 1 aliphatic carbocycles. The van der Waals surface area contributed by atoms with Crippen molar-refractivity contribution < 1.29 is 22.8 Å². The van der Waals surface area contributed by atoms with Gasteiger partial charge >= 0.3 is 6.18 Å². The summed E-state index contributed by atoms with van der Waals surface area (Å²) in [5, 5.41) is 16.3. The lowest BCUT2D eigenvalue weighted by atomic mass is 9.92. The van der Waals surface area contributed by atoms with Crippen molar-refractivity contribution in [2.24, 2.45) is 0 Å². The van der Waals surface area contributed by atoms with Crippen LogP contribution in [0.15, 0.2) is 36.5 Å². The van der Waals surface area contributed by atoms with Crippen LogP contribution in [-0.2, 0) is 10.9 Å². The fourth-order valence-corrected chi connectivity index (χ4v) is 5.10. The number of pyridine rings is 1. The van der Waals surface area contributed by atoms with Gasteiger partial charge in [0.05, 0.1) is 16.0 Å². The number of nitro groups is 1. The molecule has 2 aromatic rings. The van der Waals surface area contributed by atoms with Crippen molar-refractivity contribution in [3.8, 4) is 0 Å². The molecule has 4 rings (SSSR count). The van der Waals surface area contributed by atoms with Crippen molar-refractivity contribution >= 4 is 46.4 Å². The molecule has 1 aromatic carbocycles. The topological polar surface area (TPSA) is 83.8 Å². The van der Waals surface area contributed by atoms with Gasteiger partial charge in [0.2, 0.25) is 0 Å². The van der Waals surface area contributed by atoms with Gasteiger partial charge in [0.1, 0.15) is 17.6 Å². The van der Waals surface area contributed by atoms with Crippen LogP contribution in [0.4, 0.5) is 30.4 Å². The van der Waals surface area contributed by atoms with E-state index in [2.05, 4.69) is 20.1 Å². The summed E-state index contributed by atoms with van der Waals surface area (Å²) in [5.74, 6) is 0.880. The monoisotopic (exact) mass is 557 g/mol. The molecule has 37 heavy (non-hydrogen) atoms. The Morgan fingerprint density at radius 2 is 1.86 bits per heavy atom. The number of rotatable bonds is 8. The minimum atomic E-state index is -4.81. The third-order valence-corrected chi connectivity index (χ3v) is 7.16. The second-order valence-corrected chi connectivity index (χ2v) is 9.83. The molecule has 2 aliphatic rings. The molecule has 1 aromatic heterocycles. The van der Waals surface area contributed by atoms with Crippen molar-refractivity contribution in [3.63, 3.8) is 0 Å². The van der Waals surface area contributed by atoms with Crippen LogP contribution in [0.25, 0.3) is 0 Å². The summed E-state index contributed by atoms with van der Waals surface area (Å²) in [6.45, 7) is 3.09. The highest BCUT2D eigenvalue weighted by atomic mass is 35.5. The van der Waals surface area contributed by atoms with Crippen molar-refractivity contribution in [2.75, 3.05) is 36.4 Å². The minimum absolute atomic E-state index is 0.0131. The summed E-state index contributed by atoms with van der Waals surface area (Å²) >= 11 is 11.2. The first-order valence-electron chi connectivity index (χ1n) is 12.0. The number of piperazine rings is 1. The second kappa shape index (κ2) is 11.9. The molecule has 1 saturated heterocycles. The number of hydrogen-bond donors (Lipinski definition) is 1. The van der Waals surface area contributed by atoms with E-state index < -0.39 is 22.4 Å². The summed E-state index contributed by atoms with van der Waals surface area (Å²) in [7, 11) is 0. The molecule has 0 spiro atoms. The number of nitrogens with one attached hydrogen (secondary N) is 1. The summed E-state index contributed by atoms with van der Waals surface area (Å²) in [6.07, 6.45) is -0.635. The molecule has 0 amide bonds. The Morgan fingerprint density at radius 3 is 2.43 bits per heavy atom. The minimum Gasteiger partial charge on any atom is -0.382 e. The molecule has 1 aliphatic heterocycles. The molecule has 13 heteroatoms. The predicted molar refractivity (Wildman–Crippen MR) is 139 cm³/mol. The molecule has 8 nitrogen and oxygen atoms in total. The third-order valence-electron chi connectivity index (χ3n) is 6.70. The van der Waals surface area contributed by atoms with Crippen LogP contribution >= 0.6 is 23.8 Å². The average Bonchev–Trinajstić information content (AvgIpc) is 2.88. The molecule has 1 saturated carbocycles. The zero-order valence-electron chi connectivity index (χ0n) is 19.9. The quantitative estimate of drug-likeness (QED) is 0.257. The van der Waals surface area contributed by atoms with E-state index in [9.17, 15) is 23.3 Å². The van der Waals surface area contributed by atoms with Gasteiger partial charge in [0, 0.05) is 55.5 Å². The number of anilines is 2. The molecule has 1 unspecified atom stereocenters. The van der Waals surface area contributed by atoms with E-state index in [4.69, 9.17) is 28.6 Å². The molecule has 0 radical (unpaired) electrons. The van der Waals surface area contributed by atoms with Gasteiger partial charge in [0.25, 0.3) is 5.69 Å². The Bertz CT molecular complexity index is 1090. The van der Waals surface area contributed by atoms with Gasteiger partial charge in [-0.3, -0.25) is 15.0 Å². The number of nitrogens with zero attached hydrogens (tertiary/aromatic N) is 4. The second-order valence-electron chi connectivity index (χ2n) is 9.13. The van der Waals surface area contributed by atoms with E-state index in [0.29, 0.717) is 17.9 Å². The molecule has 1 N–H and O–H groups in total. The van der Waals surface area contributed by atoms with Crippen molar-refractivity contribution in [2.45, 2.75) is 50.2 Å². The highest BCUT2D eigenvalue weighted by Crippen LogP contribution is 2.38. The number of ether oxygens (including phenoxy) is 1. The Hall–Kier alpha value is -2.54. The van der Waals surface area contributed by atoms with Crippen LogP contribution in [0.1, 0.15) is 31.2 Å². The zero-order chi connectivity index (χ0) is 26.6. The first kappa shape index (κ1) is 27.5. The molecular weight excluding hydrogens is 531 g/mol. The number of benzene rings is 1. The van der Waals surface area contributed by atoms with Gasteiger partial charge < -0.3 is 15.0 Å². The van der Waals surface area contributed by atoms with Gasteiger partial charge in [0.15, 0.2) is 0 Å². The first-order valence-corrected chi connectivity index (χ1v) is 12.8. The normalized spacial score (nSPS) is 21.9. The van der Waals surface area contributed by atoms with E-state index in [1.165, 1.54) is 6.07 Å². The lowest BCUT2D eigenvalue weighted by molar-refractivity contribution is -0.388. The van der Waals surface area contributed by atoms with Crippen LogP contribution in [0.2, 0.25) is 5.02 Å². The number of thiocarbonyl (C=S) groups is 1. The van der Waals surface area contributed by atoms with Crippen molar-refractivity contribution in [3.05, 3.63) is 57.2 Å². The highest BCUT2D eigenvalue weighted by molar-refractivity contribution is 7.79. The Labute approximate surface area is 222 Å². The first-order chi connectivity index (χ1) is 17.6. The Kier molecular flexibility index (Phi) is 8.83. The van der Waals surface area contributed by atoms with Crippen LogP contribution in [0.3, 0.4) is 0 Å². The number of hydrogen-bond acceptors (Lipinski definition) is 8.